The fourth-order valence-electron chi connectivity index (χ4n) is 3.27. The molecule has 1 heterocycles. The zero-order valence-electron chi connectivity index (χ0n) is 13.6. The molecule has 1 fully saturated rings. The molecule has 1 aliphatic heterocycles. The molecule has 1 aliphatic carbocycles. The molecule has 1 aromatic rings. The number of sulfone groups is 1. The minimum atomic E-state index is -3.07. The summed E-state index contributed by atoms with van der Waals surface area (Å²) in [5, 5.41) is 0. The topological polar surface area (TPSA) is 63.7 Å². The Kier molecular flexibility index (Phi) is 4.12. The Hall–Kier alpha value is -1.56. The molecule has 2 aliphatic rings. The maximum Gasteiger partial charge on any atom is 0.227 e. The monoisotopic (exact) mass is 337 g/mol. The van der Waals surface area contributed by atoms with E-state index in [0.717, 1.165) is 30.7 Å². The summed E-state index contributed by atoms with van der Waals surface area (Å²) in [5.41, 5.74) is 0.442. The Balaban J connectivity index is 1.79. The molecule has 3 rings (SSSR count). The minimum absolute atomic E-state index is 0.000324. The van der Waals surface area contributed by atoms with Crippen molar-refractivity contribution in [3.8, 4) is 5.75 Å². The standard InChI is InChI=1S/C17H23NO4S/c1-3-13-11-18(14-6-4-5-7-15(14)22-13)16(19)10-17(8-9-17)12-23(2,20)21/h4-7,13H,3,8-12H2,1-2H3/t13-/m1/s1. The van der Waals surface area contributed by atoms with Crippen molar-refractivity contribution in [3.05, 3.63) is 24.3 Å². The first kappa shape index (κ1) is 16.3. The second-order valence-electron chi connectivity index (χ2n) is 6.87. The maximum atomic E-state index is 12.8. The van der Waals surface area contributed by atoms with Crippen LogP contribution >= 0.6 is 0 Å². The zero-order valence-corrected chi connectivity index (χ0v) is 14.4. The molecule has 5 nitrogen and oxygen atoms in total. The lowest BCUT2D eigenvalue weighted by Crippen LogP contribution is -2.44. The van der Waals surface area contributed by atoms with E-state index in [9.17, 15) is 13.2 Å². The highest BCUT2D eigenvalue weighted by Crippen LogP contribution is 2.50. The molecule has 1 amide bonds. The number of carbonyl (C=O) groups excluding carboxylic acids is 1. The van der Waals surface area contributed by atoms with Crippen molar-refractivity contribution in [2.45, 2.75) is 38.7 Å². The first-order valence-electron chi connectivity index (χ1n) is 8.06. The van der Waals surface area contributed by atoms with Gasteiger partial charge < -0.3 is 9.64 Å². The smallest absolute Gasteiger partial charge is 0.227 e. The van der Waals surface area contributed by atoms with E-state index in [-0.39, 0.29) is 23.2 Å². The Morgan fingerprint density at radius 2 is 2.04 bits per heavy atom. The minimum Gasteiger partial charge on any atom is -0.486 e. The van der Waals surface area contributed by atoms with E-state index in [2.05, 4.69) is 0 Å². The van der Waals surface area contributed by atoms with Gasteiger partial charge in [-0.1, -0.05) is 19.1 Å². The van der Waals surface area contributed by atoms with E-state index in [1.807, 2.05) is 31.2 Å². The first-order chi connectivity index (χ1) is 10.8. The molecule has 0 saturated heterocycles. The van der Waals surface area contributed by atoms with Crippen molar-refractivity contribution in [2.24, 2.45) is 5.41 Å². The van der Waals surface area contributed by atoms with Gasteiger partial charge in [-0.15, -0.1) is 0 Å². The molecule has 1 atom stereocenters. The average molecular weight is 337 g/mol. The lowest BCUT2D eigenvalue weighted by Gasteiger charge is -2.35. The summed E-state index contributed by atoms with van der Waals surface area (Å²) in [7, 11) is -3.07. The highest BCUT2D eigenvalue weighted by atomic mass is 32.2. The van der Waals surface area contributed by atoms with Crippen molar-refractivity contribution in [3.63, 3.8) is 0 Å². The zero-order chi connectivity index (χ0) is 16.7. The van der Waals surface area contributed by atoms with Crippen LogP contribution in [-0.2, 0) is 14.6 Å². The van der Waals surface area contributed by atoms with Gasteiger partial charge in [0.25, 0.3) is 0 Å². The first-order valence-corrected chi connectivity index (χ1v) is 10.1. The third-order valence-corrected chi connectivity index (χ3v) is 5.78. The Bertz CT molecular complexity index is 709. The number of para-hydroxylation sites is 2. The summed E-state index contributed by atoms with van der Waals surface area (Å²) >= 11 is 0. The fourth-order valence-corrected chi connectivity index (χ4v) is 4.77. The van der Waals surface area contributed by atoms with Gasteiger partial charge in [-0.3, -0.25) is 4.79 Å². The molecule has 6 heteroatoms. The molecule has 1 saturated carbocycles. The number of hydrogen-bond acceptors (Lipinski definition) is 4. The van der Waals surface area contributed by atoms with Gasteiger partial charge in [0.1, 0.15) is 21.7 Å². The third kappa shape index (κ3) is 3.68. The number of benzene rings is 1. The van der Waals surface area contributed by atoms with Crippen molar-refractivity contribution in [2.75, 3.05) is 23.5 Å². The van der Waals surface area contributed by atoms with Gasteiger partial charge in [-0.25, -0.2) is 8.42 Å². The van der Waals surface area contributed by atoms with Crippen LogP contribution in [0.5, 0.6) is 5.75 Å². The molecule has 0 N–H and O–H groups in total. The predicted octanol–water partition coefficient (Wildman–Crippen LogP) is 2.41. The Morgan fingerprint density at radius 1 is 1.35 bits per heavy atom. The van der Waals surface area contributed by atoms with E-state index in [0.29, 0.717) is 13.0 Å². The summed E-state index contributed by atoms with van der Waals surface area (Å²) in [5.74, 6) is 0.835. The summed E-state index contributed by atoms with van der Waals surface area (Å²) in [6.07, 6.45) is 3.98. The molecule has 0 bridgehead atoms. The number of hydrogen-bond donors (Lipinski definition) is 0. The van der Waals surface area contributed by atoms with Crippen LogP contribution in [0.1, 0.15) is 32.6 Å². The molecule has 0 spiro atoms. The largest absolute Gasteiger partial charge is 0.486 e. The quantitative estimate of drug-likeness (QED) is 0.828. The summed E-state index contributed by atoms with van der Waals surface area (Å²) in [6.45, 7) is 2.56. The van der Waals surface area contributed by atoms with E-state index in [1.54, 1.807) is 4.90 Å². The fraction of sp³-hybridized carbons (Fsp3) is 0.588. The number of nitrogens with zero attached hydrogens (tertiary/aromatic N) is 1. The van der Waals surface area contributed by atoms with Crippen molar-refractivity contribution < 1.29 is 17.9 Å². The number of fused-ring (bicyclic) bond motifs is 1. The van der Waals surface area contributed by atoms with Gasteiger partial charge in [-0.05, 0) is 36.8 Å². The van der Waals surface area contributed by atoms with E-state index >= 15 is 0 Å². The maximum absolute atomic E-state index is 12.8. The van der Waals surface area contributed by atoms with Crippen LogP contribution in [0, 0.1) is 5.41 Å². The SMILES string of the molecule is CC[C@@H]1CN(C(=O)CC2(CS(C)(=O)=O)CC2)c2ccccc2O1. The lowest BCUT2D eigenvalue weighted by atomic mass is 10.0. The number of rotatable bonds is 5. The summed E-state index contributed by atoms with van der Waals surface area (Å²) in [6, 6.07) is 7.54. The van der Waals surface area contributed by atoms with E-state index < -0.39 is 9.84 Å². The van der Waals surface area contributed by atoms with Crippen molar-refractivity contribution in [1.82, 2.24) is 0 Å². The van der Waals surface area contributed by atoms with Crippen LogP contribution in [0.2, 0.25) is 0 Å². The van der Waals surface area contributed by atoms with Gasteiger partial charge in [0.2, 0.25) is 5.91 Å². The molecule has 1 aromatic carbocycles. The number of ether oxygens (including phenoxy) is 1. The Labute approximate surface area is 137 Å². The number of carbonyl (C=O) groups is 1. The van der Waals surface area contributed by atoms with Crippen LogP contribution in [-0.4, -0.2) is 39.0 Å². The second-order valence-corrected chi connectivity index (χ2v) is 9.01. The molecular formula is C17H23NO4S. The van der Waals surface area contributed by atoms with Crippen LogP contribution in [0.25, 0.3) is 0 Å². The molecule has 23 heavy (non-hydrogen) atoms. The Morgan fingerprint density at radius 3 is 2.65 bits per heavy atom. The van der Waals surface area contributed by atoms with Gasteiger partial charge in [0.15, 0.2) is 0 Å². The van der Waals surface area contributed by atoms with Crippen LogP contribution in [0.3, 0.4) is 0 Å². The molecule has 0 unspecified atom stereocenters. The van der Waals surface area contributed by atoms with Gasteiger partial charge in [-0.2, -0.15) is 0 Å². The molecular weight excluding hydrogens is 314 g/mol. The number of amides is 1. The van der Waals surface area contributed by atoms with Crippen LogP contribution < -0.4 is 9.64 Å². The highest BCUT2D eigenvalue weighted by Gasteiger charge is 2.48. The molecule has 0 aromatic heterocycles. The summed E-state index contributed by atoms with van der Waals surface area (Å²) in [4.78, 5) is 14.6. The molecule has 0 radical (unpaired) electrons. The third-order valence-electron chi connectivity index (χ3n) is 4.64. The predicted molar refractivity (Wildman–Crippen MR) is 89.5 cm³/mol. The van der Waals surface area contributed by atoms with Gasteiger partial charge in [0.05, 0.1) is 18.0 Å². The van der Waals surface area contributed by atoms with Crippen molar-refractivity contribution >= 4 is 21.4 Å². The van der Waals surface area contributed by atoms with Gasteiger partial charge >= 0.3 is 0 Å². The normalized spacial score (nSPS) is 22.2. The van der Waals surface area contributed by atoms with E-state index in [1.165, 1.54) is 6.26 Å². The molecule has 126 valence electrons. The second kappa shape index (κ2) is 5.82. The highest BCUT2D eigenvalue weighted by molar-refractivity contribution is 7.90. The van der Waals surface area contributed by atoms with Crippen molar-refractivity contribution in [1.29, 1.82) is 0 Å². The summed E-state index contributed by atoms with van der Waals surface area (Å²) < 4.78 is 29.1. The van der Waals surface area contributed by atoms with Gasteiger partial charge in [0, 0.05) is 12.7 Å². The van der Waals surface area contributed by atoms with Crippen LogP contribution in [0.4, 0.5) is 5.69 Å². The lowest BCUT2D eigenvalue weighted by molar-refractivity contribution is -0.120. The average Bonchev–Trinajstić information content (AvgIpc) is 3.22. The number of anilines is 1. The van der Waals surface area contributed by atoms with E-state index in [4.69, 9.17) is 4.74 Å². The van der Waals surface area contributed by atoms with Crippen LogP contribution in [0.15, 0.2) is 24.3 Å².